The summed E-state index contributed by atoms with van der Waals surface area (Å²) in [6.45, 7) is 6.55. The topological polar surface area (TPSA) is 74.3 Å². The number of benzene rings is 3. The van der Waals surface area contributed by atoms with Crippen LogP contribution in [0.3, 0.4) is 0 Å². The minimum absolute atomic E-state index is 0.251. The minimum Gasteiger partial charge on any atom is -0.493 e. The fourth-order valence-corrected chi connectivity index (χ4v) is 6.48. The van der Waals surface area contributed by atoms with Crippen LogP contribution < -0.4 is 15.2 Å². The normalized spacial score (nSPS) is 14.2. The van der Waals surface area contributed by atoms with E-state index in [9.17, 15) is 9.59 Å². The third-order valence-corrected chi connectivity index (χ3v) is 8.80. The smallest absolute Gasteiger partial charge is 0.296 e. The number of anilines is 1. The summed E-state index contributed by atoms with van der Waals surface area (Å²) < 4.78 is 11.3. The van der Waals surface area contributed by atoms with Crippen molar-refractivity contribution < 1.29 is 9.53 Å². The first-order valence-electron chi connectivity index (χ1n) is 14.3. The number of thioether (sulfide) groups is 1. The fourth-order valence-electron chi connectivity index (χ4n) is 5.21. The molecule has 10 heteroatoms. The van der Waals surface area contributed by atoms with Crippen molar-refractivity contribution in [3.05, 3.63) is 117 Å². The van der Waals surface area contributed by atoms with Gasteiger partial charge in [-0.05, 0) is 74.4 Å². The second-order valence-corrected chi connectivity index (χ2v) is 12.1. The lowest BCUT2D eigenvalue weighted by Gasteiger charge is -2.12. The second-order valence-electron chi connectivity index (χ2n) is 10.5. The Hall–Kier alpha value is -4.67. The van der Waals surface area contributed by atoms with Gasteiger partial charge in [-0.2, -0.15) is 5.10 Å². The van der Waals surface area contributed by atoms with Gasteiger partial charge in [0, 0.05) is 24.4 Å². The van der Waals surface area contributed by atoms with Gasteiger partial charge in [0.1, 0.15) is 17.1 Å². The summed E-state index contributed by atoms with van der Waals surface area (Å²) in [6, 6.07) is 25.1. The number of carbonyl (C=O) groups is 1. The minimum atomic E-state index is -0.344. The number of aryl methyl sites for hydroxylation is 1. The van der Waals surface area contributed by atoms with Gasteiger partial charge >= 0.3 is 0 Å². The van der Waals surface area contributed by atoms with Crippen molar-refractivity contribution in [2.24, 2.45) is 7.05 Å². The Morgan fingerprint density at radius 1 is 0.955 bits per heavy atom. The summed E-state index contributed by atoms with van der Waals surface area (Å²) in [5.41, 5.74) is 5.53. The lowest BCUT2D eigenvalue weighted by molar-refractivity contribution is -0.113. The monoisotopic (exact) mass is 621 g/mol. The lowest BCUT2D eigenvalue weighted by Crippen LogP contribution is -2.33. The molecule has 0 radical (unpaired) electrons. The Balaban J connectivity index is 1.42. The molecule has 0 atom stereocenters. The van der Waals surface area contributed by atoms with Crippen LogP contribution in [-0.4, -0.2) is 36.0 Å². The number of nitrogens with zero attached hydrogens (tertiary/aromatic N) is 5. The van der Waals surface area contributed by atoms with E-state index in [4.69, 9.17) is 22.1 Å². The summed E-state index contributed by atoms with van der Waals surface area (Å²) in [4.78, 5) is 29.4. The highest BCUT2D eigenvalue weighted by molar-refractivity contribution is 8.27. The van der Waals surface area contributed by atoms with E-state index in [1.807, 2.05) is 105 Å². The lowest BCUT2D eigenvalue weighted by atomic mass is 10.0. The molecule has 3 heterocycles. The van der Waals surface area contributed by atoms with Crippen LogP contribution in [0, 0.1) is 13.8 Å². The molecule has 0 saturated carbocycles. The van der Waals surface area contributed by atoms with Crippen molar-refractivity contribution in [2.45, 2.75) is 27.2 Å². The number of para-hydroxylation sites is 2. The van der Waals surface area contributed by atoms with E-state index in [2.05, 4.69) is 6.92 Å². The predicted molar refractivity (Wildman–Crippen MR) is 181 cm³/mol. The Labute approximate surface area is 265 Å². The van der Waals surface area contributed by atoms with Gasteiger partial charge in [0.25, 0.3) is 11.5 Å². The first-order valence-corrected chi connectivity index (χ1v) is 15.5. The number of ether oxygens (including phenoxy) is 1. The van der Waals surface area contributed by atoms with Gasteiger partial charge in [0.15, 0.2) is 4.32 Å². The summed E-state index contributed by atoms with van der Waals surface area (Å²) >= 11 is 6.87. The van der Waals surface area contributed by atoms with Crippen molar-refractivity contribution in [3.63, 3.8) is 0 Å². The zero-order chi connectivity index (χ0) is 31.0. The predicted octanol–water partition coefficient (Wildman–Crippen LogP) is 6.84. The van der Waals surface area contributed by atoms with Crippen LogP contribution in [0.2, 0.25) is 0 Å². The molecular formula is C34H31N5O3S2. The first-order chi connectivity index (χ1) is 21.3. The molecule has 8 nitrogen and oxygen atoms in total. The van der Waals surface area contributed by atoms with Crippen LogP contribution in [0.15, 0.2) is 94.8 Å². The van der Waals surface area contributed by atoms with Gasteiger partial charge in [0.05, 0.1) is 28.6 Å². The molecule has 5 aromatic rings. The molecule has 222 valence electrons. The molecule has 3 aromatic carbocycles. The molecule has 0 spiro atoms. The number of aromatic nitrogens is 4. The standard InChI is InChI=1S/C34H31N5O3S2/c1-5-18-42-28-17-16-24(19-22(28)2)30-25(21-37(35-30)26-12-8-6-9-13-26)20-29-32(40)38(34(43)44-29)31-23(3)36(4)39(33(31)41)27-14-10-7-11-15-27/h6-17,19-21H,5,18H2,1-4H3. The van der Waals surface area contributed by atoms with Crippen LogP contribution in [0.25, 0.3) is 28.7 Å². The maximum Gasteiger partial charge on any atom is 0.296 e. The van der Waals surface area contributed by atoms with Crippen molar-refractivity contribution in [2.75, 3.05) is 11.5 Å². The molecule has 1 aliphatic heterocycles. The zero-order valence-corrected chi connectivity index (χ0v) is 26.5. The summed E-state index contributed by atoms with van der Waals surface area (Å²) in [7, 11) is 1.80. The maximum atomic E-state index is 14.0. The van der Waals surface area contributed by atoms with Gasteiger partial charge in [-0.1, -0.05) is 67.3 Å². The maximum absolute atomic E-state index is 14.0. The highest BCUT2D eigenvalue weighted by atomic mass is 32.2. The fraction of sp³-hybridized carbons (Fsp3) is 0.176. The van der Waals surface area contributed by atoms with Crippen molar-refractivity contribution >= 4 is 46.0 Å². The third kappa shape index (κ3) is 5.31. The van der Waals surface area contributed by atoms with Crippen molar-refractivity contribution in [3.8, 4) is 28.4 Å². The quantitative estimate of drug-likeness (QED) is 0.140. The summed E-state index contributed by atoms with van der Waals surface area (Å²) in [6.07, 6.45) is 4.64. The van der Waals surface area contributed by atoms with E-state index in [1.165, 1.54) is 16.7 Å². The molecule has 1 aliphatic rings. The van der Waals surface area contributed by atoms with E-state index >= 15 is 0 Å². The van der Waals surface area contributed by atoms with Gasteiger partial charge in [-0.3, -0.25) is 19.2 Å². The molecule has 0 unspecified atom stereocenters. The molecule has 2 aromatic heterocycles. The number of hydrogen-bond acceptors (Lipinski definition) is 6. The van der Waals surface area contributed by atoms with Gasteiger partial charge in [-0.25, -0.2) is 9.36 Å². The molecule has 44 heavy (non-hydrogen) atoms. The number of thiocarbonyl (C=S) groups is 1. The van der Waals surface area contributed by atoms with Gasteiger partial charge < -0.3 is 4.74 Å². The third-order valence-electron chi connectivity index (χ3n) is 7.50. The Kier molecular flexibility index (Phi) is 8.11. The van der Waals surface area contributed by atoms with Crippen LogP contribution in [-0.2, 0) is 11.8 Å². The van der Waals surface area contributed by atoms with E-state index in [0.717, 1.165) is 34.5 Å². The molecule has 1 amide bonds. The molecule has 0 N–H and O–H groups in total. The molecule has 0 aliphatic carbocycles. The second kappa shape index (κ2) is 12.1. The average molecular weight is 622 g/mol. The molecular weight excluding hydrogens is 591 g/mol. The van der Waals surface area contributed by atoms with Crippen molar-refractivity contribution in [1.29, 1.82) is 0 Å². The van der Waals surface area contributed by atoms with E-state index in [1.54, 1.807) is 21.1 Å². The van der Waals surface area contributed by atoms with Crippen molar-refractivity contribution in [1.82, 2.24) is 19.1 Å². The molecule has 1 fully saturated rings. The molecule has 6 rings (SSSR count). The number of amides is 1. The number of rotatable bonds is 8. The molecule has 1 saturated heterocycles. The Morgan fingerprint density at radius 3 is 2.30 bits per heavy atom. The van der Waals surface area contributed by atoms with Crippen LogP contribution in [0.5, 0.6) is 5.75 Å². The largest absolute Gasteiger partial charge is 0.493 e. The van der Waals surface area contributed by atoms with Gasteiger partial charge in [-0.15, -0.1) is 0 Å². The highest BCUT2D eigenvalue weighted by Crippen LogP contribution is 2.38. The summed E-state index contributed by atoms with van der Waals surface area (Å²) in [5.74, 6) is 0.490. The van der Waals surface area contributed by atoms with Crippen LogP contribution >= 0.6 is 24.0 Å². The average Bonchev–Trinajstić information content (AvgIpc) is 3.64. The van der Waals surface area contributed by atoms with E-state index in [-0.39, 0.29) is 17.2 Å². The van der Waals surface area contributed by atoms with Crippen LogP contribution in [0.1, 0.15) is 30.2 Å². The molecule has 0 bridgehead atoms. The Bertz CT molecular complexity index is 1970. The van der Waals surface area contributed by atoms with Gasteiger partial charge in [0.2, 0.25) is 0 Å². The van der Waals surface area contributed by atoms with E-state index in [0.29, 0.717) is 32.9 Å². The SMILES string of the molecule is CCCOc1ccc(-c2nn(-c3ccccc3)cc2C=C2SC(=S)N(c3c(C)n(C)n(-c4ccccc4)c3=O)C2=O)cc1C. The Morgan fingerprint density at radius 2 is 1.64 bits per heavy atom. The van der Waals surface area contributed by atoms with Crippen LogP contribution in [0.4, 0.5) is 5.69 Å². The number of carbonyl (C=O) groups excluding carboxylic acids is 1. The first kappa shape index (κ1) is 29.4. The number of hydrogen-bond donors (Lipinski definition) is 0. The van der Waals surface area contributed by atoms with E-state index < -0.39 is 0 Å². The zero-order valence-electron chi connectivity index (χ0n) is 24.9. The summed E-state index contributed by atoms with van der Waals surface area (Å²) in [5, 5.41) is 4.93. The highest BCUT2D eigenvalue weighted by Gasteiger charge is 2.38.